The average Bonchev–Trinajstić information content (AvgIpc) is 3.18. The number of hydrogen-bond donors (Lipinski definition) is 1. The topological polar surface area (TPSA) is 41.6 Å². The number of amides is 1. The van der Waals surface area contributed by atoms with Crippen LogP contribution in [0.5, 0.6) is 0 Å². The molecule has 3 fully saturated rings. The predicted octanol–water partition coefficient (Wildman–Crippen LogP) is 1.69. The molecule has 1 aliphatic carbocycles. The lowest BCUT2D eigenvalue weighted by Gasteiger charge is -2.32. The number of nitrogens with one attached hydrogen (secondary N) is 1. The van der Waals surface area contributed by atoms with Crippen LogP contribution in [0.15, 0.2) is 0 Å². The van der Waals surface area contributed by atoms with E-state index in [1.54, 1.807) is 0 Å². The minimum Gasteiger partial charge on any atom is -0.365 e. The average molecular weight is 266 g/mol. The summed E-state index contributed by atoms with van der Waals surface area (Å²) in [6.45, 7) is 4.06. The first-order valence-electron chi connectivity index (χ1n) is 7.93. The van der Waals surface area contributed by atoms with Crippen LogP contribution in [-0.2, 0) is 9.53 Å². The van der Waals surface area contributed by atoms with Crippen molar-refractivity contribution < 1.29 is 9.53 Å². The molecule has 108 valence electrons. The highest BCUT2D eigenvalue weighted by Crippen LogP contribution is 2.30. The van der Waals surface area contributed by atoms with Gasteiger partial charge in [-0.1, -0.05) is 6.42 Å². The summed E-state index contributed by atoms with van der Waals surface area (Å²) in [6.07, 6.45) is 8.15. The van der Waals surface area contributed by atoms with E-state index >= 15 is 0 Å². The monoisotopic (exact) mass is 266 g/mol. The molecule has 0 radical (unpaired) electrons. The van der Waals surface area contributed by atoms with Gasteiger partial charge in [-0.25, -0.2) is 0 Å². The molecule has 3 unspecified atom stereocenters. The van der Waals surface area contributed by atoms with Gasteiger partial charge in [0.15, 0.2) is 0 Å². The Morgan fingerprint density at radius 2 is 2.05 bits per heavy atom. The first-order chi connectivity index (χ1) is 9.24. The normalized spacial score (nSPS) is 35.3. The molecule has 4 heteroatoms. The van der Waals surface area contributed by atoms with E-state index < -0.39 is 0 Å². The molecule has 1 amide bonds. The molecular weight excluding hydrogens is 240 g/mol. The summed E-state index contributed by atoms with van der Waals surface area (Å²) in [5.74, 6) is 0.249. The van der Waals surface area contributed by atoms with Gasteiger partial charge in [-0.05, 0) is 52.0 Å². The van der Waals surface area contributed by atoms with Crippen LogP contribution in [0.3, 0.4) is 0 Å². The van der Waals surface area contributed by atoms with Crippen LogP contribution in [0.25, 0.3) is 0 Å². The van der Waals surface area contributed by atoms with Crippen LogP contribution in [0, 0.1) is 0 Å². The third-order valence-electron chi connectivity index (χ3n) is 4.61. The number of carbonyl (C=O) groups excluding carboxylic acids is 1. The second kappa shape index (κ2) is 5.80. The summed E-state index contributed by atoms with van der Waals surface area (Å²) in [7, 11) is 0. The highest BCUT2D eigenvalue weighted by Gasteiger charge is 2.39. The van der Waals surface area contributed by atoms with Gasteiger partial charge in [0.1, 0.15) is 6.10 Å². The molecule has 0 aromatic rings. The van der Waals surface area contributed by atoms with Crippen LogP contribution in [-0.4, -0.2) is 48.2 Å². The maximum atomic E-state index is 12.6. The highest BCUT2D eigenvalue weighted by molar-refractivity contribution is 5.81. The summed E-state index contributed by atoms with van der Waals surface area (Å²) in [5, 5.41) is 3.55. The lowest BCUT2D eigenvalue weighted by Crippen LogP contribution is -2.49. The number of hydrogen-bond acceptors (Lipinski definition) is 3. The molecule has 0 aromatic carbocycles. The Bertz CT molecular complexity index is 324. The van der Waals surface area contributed by atoms with Crippen molar-refractivity contribution in [1.29, 1.82) is 0 Å². The SMILES string of the molecule is CC1CCC(C(=O)N(CC2CCCCN2)C2CC2)O1. The fourth-order valence-electron chi connectivity index (χ4n) is 3.29. The zero-order valence-electron chi connectivity index (χ0n) is 11.9. The third kappa shape index (κ3) is 3.29. The quantitative estimate of drug-likeness (QED) is 0.842. The van der Waals surface area contributed by atoms with E-state index in [4.69, 9.17) is 4.74 Å². The molecule has 3 rings (SSSR count). The van der Waals surface area contributed by atoms with Crippen molar-refractivity contribution in [3.8, 4) is 0 Å². The van der Waals surface area contributed by atoms with E-state index in [0.29, 0.717) is 12.1 Å². The van der Waals surface area contributed by atoms with Gasteiger partial charge in [-0.15, -0.1) is 0 Å². The molecule has 0 spiro atoms. The van der Waals surface area contributed by atoms with Gasteiger partial charge in [0.2, 0.25) is 0 Å². The molecule has 2 saturated heterocycles. The second-order valence-corrected chi connectivity index (χ2v) is 6.38. The Morgan fingerprint density at radius 1 is 1.21 bits per heavy atom. The zero-order valence-corrected chi connectivity index (χ0v) is 11.9. The Balaban J connectivity index is 1.58. The van der Waals surface area contributed by atoms with Crippen molar-refractivity contribution in [3.05, 3.63) is 0 Å². The molecule has 3 atom stereocenters. The fourth-order valence-corrected chi connectivity index (χ4v) is 3.29. The molecule has 1 saturated carbocycles. The summed E-state index contributed by atoms with van der Waals surface area (Å²) in [6, 6.07) is 0.993. The van der Waals surface area contributed by atoms with Crippen LogP contribution < -0.4 is 5.32 Å². The van der Waals surface area contributed by atoms with Gasteiger partial charge in [-0.2, -0.15) is 0 Å². The van der Waals surface area contributed by atoms with E-state index in [2.05, 4.69) is 17.1 Å². The van der Waals surface area contributed by atoms with Gasteiger partial charge in [0.05, 0.1) is 6.10 Å². The summed E-state index contributed by atoms with van der Waals surface area (Å²) in [5.41, 5.74) is 0. The lowest BCUT2D eigenvalue weighted by atomic mass is 10.0. The summed E-state index contributed by atoms with van der Waals surface area (Å²) in [4.78, 5) is 14.7. The van der Waals surface area contributed by atoms with Crippen molar-refractivity contribution in [1.82, 2.24) is 10.2 Å². The minimum absolute atomic E-state index is 0.167. The Hall–Kier alpha value is -0.610. The van der Waals surface area contributed by atoms with Crippen molar-refractivity contribution in [2.75, 3.05) is 13.1 Å². The molecular formula is C15H26N2O2. The summed E-state index contributed by atoms with van der Waals surface area (Å²) < 4.78 is 5.76. The smallest absolute Gasteiger partial charge is 0.252 e. The molecule has 4 nitrogen and oxygen atoms in total. The number of carbonyl (C=O) groups is 1. The highest BCUT2D eigenvalue weighted by atomic mass is 16.5. The van der Waals surface area contributed by atoms with Crippen LogP contribution in [0.2, 0.25) is 0 Å². The van der Waals surface area contributed by atoms with E-state index in [0.717, 1.165) is 25.9 Å². The molecule has 0 aromatic heterocycles. The van der Waals surface area contributed by atoms with Gasteiger partial charge < -0.3 is 15.0 Å². The van der Waals surface area contributed by atoms with Crippen molar-refractivity contribution >= 4 is 5.91 Å². The van der Waals surface area contributed by atoms with Gasteiger partial charge in [-0.3, -0.25) is 4.79 Å². The molecule has 1 N–H and O–H groups in total. The maximum Gasteiger partial charge on any atom is 0.252 e. The standard InChI is InChI=1S/C15H26N2O2/c1-11-5-8-14(19-11)15(18)17(13-6-7-13)10-12-4-2-3-9-16-12/h11-14,16H,2-10H2,1H3. The molecule has 0 bridgehead atoms. The van der Waals surface area contributed by atoms with E-state index in [1.807, 2.05) is 0 Å². The second-order valence-electron chi connectivity index (χ2n) is 6.38. The fraction of sp³-hybridized carbons (Fsp3) is 0.933. The molecule has 2 heterocycles. The largest absolute Gasteiger partial charge is 0.365 e. The lowest BCUT2D eigenvalue weighted by molar-refractivity contribution is -0.143. The molecule has 19 heavy (non-hydrogen) atoms. The maximum absolute atomic E-state index is 12.6. The Morgan fingerprint density at radius 3 is 2.63 bits per heavy atom. The van der Waals surface area contributed by atoms with E-state index in [-0.39, 0.29) is 18.1 Å². The Kier molecular flexibility index (Phi) is 4.08. The number of piperidine rings is 1. The van der Waals surface area contributed by atoms with Crippen LogP contribution in [0.4, 0.5) is 0 Å². The number of nitrogens with zero attached hydrogens (tertiary/aromatic N) is 1. The molecule has 3 aliphatic rings. The van der Waals surface area contributed by atoms with Gasteiger partial charge >= 0.3 is 0 Å². The van der Waals surface area contributed by atoms with E-state index in [9.17, 15) is 4.79 Å². The summed E-state index contributed by atoms with van der Waals surface area (Å²) >= 11 is 0. The predicted molar refractivity (Wildman–Crippen MR) is 73.9 cm³/mol. The van der Waals surface area contributed by atoms with Gasteiger partial charge in [0.25, 0.3) is 5.91 Å². The van der Waals surface area contributed by atoms with Crippen molar-refractivity contribution in [3.63, 3.8) is 0 Å². The Labute approximate surface area is 115 Å². The van der Waals surface area contributed by atoms with Crippen molar-refractivity contribution in [2.24, 2.45) is 0 Å². The molecule has 2 aliphatic heterocycles. The van der Waals surface area contributed by atoms with Crippen molar-refractivity contribution in [2.45, 2.75) is 76.2 Å². The number of ether oxygens (including phenoxy) is 1. The zero-order chi connectivity index (χ0) is 13.2. The third-order valence-corrected chi connectivity index (χ3v) is 4.61. The first kappa shape index (κ1) is 13.4. The van der Waals surface area contributed by atoms with Gasteiger partial charge in [0, 0.05) is 18.6 Å². The minimum atomic E-state index is -0.167. The van der Waals surface area contributed by atoms with Crippen LogP contribution >= 0.6 is 0 Å². The first-order valence-corrected chi connectivity index (χ1v) is 7.93. The number of rotatable bonds is 4. The van der Waals surface area contributed by atoms with Crippen LogP contribution in [0.1, 0.15) is 51.9 Å². The van der Waals surface area contributed by atoms with E-state index in [1.165, 1.54) is 32.1 Å².